The molecule has 0 bridgehead atoms. The van der Waals surface area contributed by atoms with Crippen molar-refractivity contribution in [1.82, 2.24) is 19.9 Å². The normalized spacial score (nSPS) is 13.1. The maximum Gasteiger partial charge on any atom is 0.164 e. The van der Waals surface area contributed by atoms with Crippen LogP contribution in [0.25, 0.3) is 78.4 Å². The molecule has 0 atom stereocenters. The molecule has 4 nitrogen and oxygen atoms in total. The average molecular weight is 783 g/mol. The van der Waals surface area contributed by atoms with Crippen molar-refractivity contribution < 1.29 is 0 Å². The van der Waals surface area contributed by atoms with Crippen LogP contribution in [0.5, 0.6) is 0 Å². The summed E-state index contributed by atoms with van der Waals surface area (Å²) >= 11 is 1.85. The number of fused-ring (bicyclic) bond motifs is 10. The van der Waals surface area contributed by atoms with Crippen molar-refractivity contribution in [1.29, 1.82) is 0 Å². The lowest BCUT2D eigenvalue weighted by Gasteiger charge is -2.39. The Hall–Kier alpha value is -7.47. The van der Waals surface area contributed by atoms with Crippen LogP contribution < -0.4 is 0 Å². The first-order valence-electron chi connectivity index (χ1n) is 20.2. The summed E-state index contributed by atoms with van der Waals surface area (Å²) in [5, 5.41) is 1.11. The Morgan fingerprint density at radius 3 is 1.63 bits per heavy atom. The Labute approximate surface area is 352 Å². The summed E-state index contributed by atoms with van der Waals surface area (Å²) in [6.07, 6.45) is 1.87. The van der Waals surface area contributed by atoms with E-state index in [4.69, 9.17) is 19.9 Å². The Kier molecular flexibility index (Phi) is 7.97. The highest BCUT2D eigenvalue weighted by molar-refractivity contribution is 7.99. The van der Waals surface area contributed by atoms with E-state index in [-0.39, 0.29) is 0 Å². The van der Waals surface area contributed by atoms with Gasteiger partial charge in [-0.2, -0.15) is 0 Å². The minimum Gasteiger partial charge on any atom is -0.256 e. The first-order valence-corrected chi connectivity index (χ1v) is 21.0. The van der Waals surface area contributed by atoms with Gasteiger partial charge < -0.3 is 0 Å². The predicted molar refractivity (Wildman–Crippen MR) is 244 cm³/mol. The molecule has 0 radical (unpaired) electrons. The molecule has 1 aliphatic carbocycles. The lowest BCUT2D eigenvalue weighted by atomic mass is 9.67. The minimum atomic E-state index is -0.591. The standard InChI is InChI=1S/C55H34N4S/c1-3-15-35(16-4-1)38-19-11-20-40(33-38)53-57-52(37-17-5-2-6-18-37)58-54(59-53)42-23-13-27-46-51(42)50-41(39-31-30-36-21-14-32-56-47(36)34-39)22-12-26-45(50)55(46)43-24-7-9-28-48(43)60-49-29-10-8-25-44(49)55/h1-34H. The molecule has 0 unspecified atom stereocenters. The first kappa shape index (κ1) is 34.6. The Morgan fingerprint density at radius 1 is 0.350 bits per heavy atom. The lowest BCUT2D eigenvalue weighted by molar-refractivity contribution is 0.722. The van der Waals surface area contributed by atoms with Crippen LogP contribution in [0.3, 0.4) is 0 Å². The van der Waals surface area contributed by atoms with Crippen LogP contribution in [-0.4, -0.2) is 19.9 Å². The third-order valence-electron chi connectivity index (χ3n) is 12.0. The average Bonchev–Trinajstić information content (AvgIpc) is 3.63. The molecule has 1 spiro atoms. The number of hydrogen-bond acceptors (Lipinski definition) is 5. The number of pyridine rings is 1. The van der Waals surface area contributed by atoms with Gasteiger partial charge in [-0.1, -0.05) is 182 Å². The highest BCUT2D eigenvalue weighted by Gasteiger charge is 2.51. The molecule has 8 aromatic carbocycles. The van der Waals surface area contributed by atoms with Gasteiger partial charge in [-0.05, 0) is 86.0 Å². The third-order valence-corrected chi connectivity index (χ3v) is 13.2. The van der Waals surface area contributed by atoms with Gasteiger partial charge in [-0.15, -0.1) is 0 Å². The zero-order valence-corrected chi connectivity index (χ0v) is 33.1. The number of nitrogens with zero attached hydrogens (tertiary/aromatic N) is 4. The summed E-state index contributed by atoms with van der Waals surface area (Å²) < 4.78 is 0. The van der Waals surface area contributed by atoms with Gasteiger partial charge in [0, 0.05) is 38.1 Å². The summed E-state index contributed by atoms with van der Waals surface area (Å²) in [6, 6.07) is 71.4. The molecular formula is C55H34N4S. The van der Waals surface area contributed by atoms with E-state index in [1.54, 1.807) is 0 Å². The number of hydrogen-bond donors (Lipinski definition) is 0. The molecule has 1 aliphatic heterocycles. The molecule has 3 heterocycles. The van der Waals surface area contributed by atoms with Crippen molar-refractivity contribution in [3.63, 3.8) is 0 Å². The molecule has 5 heteroatoms. The second kappa shape index (κ2) is 13.8. The molecule has 60 heavy (non-hydrogen) atoms. The largest absolute Gasteiger partial charge is 0.256 e. The van der Waals surface area contributed by atoms with Crippen LogP contribution in [0.4, 0.5) is 0 Å². The van der Waals surface area contributed by atoms with Crippen molar-refractivity contribution in [2.45, 2.75) is 15.2 Å². The maximum atomic E-state index is 5.41. The molecule has 0 fully saturated rings. The van der Waals surface area contributed by atoms with E-state index >= 15 is 0 Å². The van der Waals surface area contributed by atoms with Gasteiger partial charge in [0.25, 0.3) is 0 Å². The van der Waals surface area contributed by atoms with E-state index in [0.29, 0.717) is 17.5 Å². The monoisotopic (exact) mass is 782 g/mol. The molecule has 0 N–H and O–H groups in total. The Bertz CT molecular complexity index is 3260. The smallest absolute Gasteiger partial charge is 0.164 e. The molecule has 2 aromatic heterocycles. The summed E-state index contributed by atoms with van der Waals surface area (Å²) in [7, 11) is 0. The third kappa shape index (κ3) is 5.33. The van der Waals surface area contributed by atoms with Crippen molar-refractivity contribution in [2.24, 2.45) is 0 Å². The van der Waals surface area contributed by atoms with Crippen molar-refractivity contribution in [3.8, 4) is 67.5 Å². The summed E-state index contributed by atoms with van der Waals surface area (Å²) in [6.45, 7) is 0. The van der Waals surface area contributed by atoms with Crippen LogP contribution in [-0.2, 0) is 5.41 Å². The zero-order valence-electron chi connectivity index (χ0n) is 32.3. The summed E-state index contributed by atoms with van der Waals surface area (Å²) in [5.74, 6) is 1.89. The lowest BCUT2D eigenvalue weighted by Crippen LogP contribution is -2.31. The topological polar surface area (TPSA) is 51.6 Å². The molecule has 0 saturated carbocycles. The van der Waals surface area contributed by atoms with Gasteiger partial charge >= 0.3 is 0 Å². The highest BCUT2D eigenvalue weighted by atomic mass is 32.2. The van der Waals surface area contributed by atoms with Crippen LogP contribution in [0.2, 0.25) is 0 Å². The number of rotatable bonds is 5. The van der Waals surface area contributed by atoms with Gasteiger partial charge in [-0.3, -0.25) is 4.98 Å². The summed E-state index contributed by atoms with van der Waals surface area (Å²) in [5.41, 5.74) is 15.0. The fourth-order valence-corrected chi connectivity index (χ4v) is 10.7. The molecular weight excluding hydrogens is 749 g/mol. The van der Waals surface area contributed by atoms with Crippen molar-refractivity contribution in [3.05, 3.63) is 229 Å². The molecule has 0 amide bonds. The Balaban J connectivity index is 1.17. The second-order valence-corrected chi connectivity index (χ2v) is 16.4. The second-order valence-electron chi connectivity index (χ2n) is 15.3. The van der Waals surface area contributed by atoms with E-state index in [2.05, 4.69) is 170 Å². The number of benzene rings is 8. The molecule has 280 valence electrons. The molecule has 0 saturated heterocycles. The van der Waals surface area contributed by atoms with E-state index in [1.165, 1.54) is 37.6 Å². The van der Waals surface area contributed by atoms with Crippen LogP contribution in [0.1, 0.15) is 22.3 Å². The fourth-order valence-electron chi connectivity index (χ4n) is 9.46. The quantitative estimate of drug-likeness (QED) is 0.174. The van der Waals surface area contributed by atoms with E-state index in [1.807, 2.05) is 48.3 Å². The fraction of sp³-hybridized carbons (Fsp3) is 0.0182. The van der Waals surface area contributed by atoms with E-state index in [9.17, 15) is 0 Å². The van der Waals surface area contributed by atoms with E-state index in [0.717, 1.165) is 55.4 Å². The van der Waals surface area contributed by atoms with Gasteiger partial charge in [0.15, 0.2) is 17.5 Å². The zero-order chi connectivity index (χ0) is 39.6. The Morgan fingerprint density at radius 2 is 0.900 bits per heavy atom. The van der Waals surface area contributed by atoms with Crippen LogP contribution >= 0.6 is 11.8 Å². The van der Waals surface area contributed by atoms with Gasteiger partial charge in [-0.25, -0.2) is 15.0 Å². The van der Waals surface area contributed by atoms with Crippen LogP contribution in [0.15, 0.2) is 216 Å². The van der Waals surface area contributed by atoms with Crippen LogP contribution in [0, 0.1) is 0 Å². The minimum absolute atomic E-state index is 0.591. The predicted octanol–water partition coefficient (Wildman–Crippen LogP) is 13.6. The molecule has 2 aliphatic rings. The molecule has 12 rings (SSSR count). The first-order chi connectivity index (χ1) is 29.7. The summed E-state index contributed by atoms with van der Waals surface area (Å²) in [4.78, 5) is 23.3. The van der Waals surface area contributed by atoms with Gasteiger partial charge in [0.1, 0.15) is 0 Å². The number of aromatic nitrogens is 4. The highest BCUT2D eigenvalue weighted by Crippen LogP contribution is 2.64. The van der Waals surface area contributed by atoms with Gasteiger partial charge in [0.2, 0.25) is 0 Å². The molecule has 10 aromatic rings. The SMILES string of the molecule is c1ccc(-c2cccc(-c3nc(-c4ccccc4)nc(-c4cccc5c4-c4c(-c6ccc7cccnc7c6)cccc4C54c5ccccc5Sc5ccccc54)n3)c2)cc1. The van der Waals surface area contributed by atoms with Crippen molar-refractivity contribution in [2.75, 3.05) is 0 Å². The maximum absolute atomic E-state index is 5.41. The van der Waals surface area contributed by atoms with E-state index < -0.39 is 5.41 Å². The van der Waals surface area contributed by atoms with Crippen molar-refractivity contribution >= 4 is 22.7 Å². The van der Waals surface area contributed by atoms with Gasteiger partial charge in [0.05, 0.1) is 10.9 Å².